The molecule has 5 nitrogen and oxygen atoms in total. The number of carbonyl (C=O) groups is 2. The number of hydrogen-bond donors (Lipinski definition) is 0. The molecule has 0 unspecified atom stereocenters. The van der Waals surface area contributed by atoms with Crippen molar-refractivity contribution in [3.8, 4) is 0 Å². The Bertz CT molecular complexity index is 543. The molecule has 1 heterocycles. The van der Waals surface area contributed by atoms with Crippen molar-refractivity contribution in [2.45, 2.75) is 12.8 Å². The van der Waals surface area contributed by atoms with Crippen molar-refractivity contribution >= 4 is 24.2 Å². The summed E-state index contributed by atoms with van der Waals surface area (Å²) in [5, 5.41) is 0. The van der Waals surface area contributed by atoms with Crippen LogP contribution in [0.5, 0.6) is 0 Å². The van der Waals surface area contributed by atoms with Gasteiger partial charge < -0.3 is 9.80 Å². The zero-order valence-corrected chi connectivity index (χ0v) is 15.0. The van der Waals surface area contributed by atoms with Crippen molar-refractivity contribution < 1.29 is 14.0 Å². The number of Topliss-reactive ketones (excluding diaryl/α,β-unsaturated/α-hetero) is 1. The summed E-state index contributed by atoms with van der Waals surface area (Å²) >= 11 is 0. The SMILES string of the molecule is CN(C)C(=O)N1CCN(CCCC(=O)c2ccc(F)cc2)CC1.Cl. The summed E-state index contributed by atoms with van der Waals surface area (Å²) in [4.78, 5) is 29.6. The molecule has 1 aromatic carbocycles. The van der Waals surface area contributed by atoms with E-state index in [4.69, 9.17) is 0 Å². The average Bonchev–Trinajstić information content (AvgIpc) is 2.55. The van der Waals surface area contributed by atoms with Gasteiger partial charge in [0.15, 0.2) is 5.78 Å². The van der Waals surface area contributed by atoms with E-state index < -0.39 is 0 Å². The van der Waals surface area contributed by atoms with Crippen LogP contribution < -0.4 is 0 Å². The number of benzene rings is 1. The maximum Gasteiger partial charge on any atom is 0.319 e. The van der Waals surface area contributed by atoms with Crippen molar-refractivity contribution in [3.05, 3.63) is 35.6 Å². The molecule has 1 fully saturated rings. The number of hydrogen-bond acceptors (Lipinski definition) is 3. The maximum absolute atomic E-state index is 12.8. The summed E-state index contributed by atoms with van der Waals surface area (Å²) in [6.07, 6.45) is 1.24. The number of ketones is 1. The van der Waals surface area contributed by atoms with Gasteiger partial charge in [-0.3, -0.25) is 9.69 Å². The largest absolute Gasteiger partial charge is 0.331 e. The van der Waals surface area contributed by atoms with E-state index in [0.717, 1.165) is 39.1 Å². The lowest BCUT2D eigenvalue weighted by Crippen LogP contribution is -2.51. The highest BCUT2D eigenvalue weighted by atomic mass is 35.5. The van der Waals surface area contributed by atoms with Gasteiger partial charge in [-0.15, -0.1) is 12.4 Å². The first-order valence-electron chi connectivity index (χ1n) is 7.94. The number of halogens is 2. The first kappa shape index (κ1) is 20.4. The molecule has 0 bridgehead atoms. The normalized spacial score (nSPS) is 14.9. The number of amides is 2. The molecule has 0 saturated carbocycles. The molecule has 2 amide bonds. The highest BCUT2D eigenvalue weighted by Gasteiger charge is 2.21. The molecule has 0 N–H and O–H groups in total. The van der Waals surface area contributed by atoms with Crippen LogP contribution in [0, 0.1) is 5.82 Å². The van der Waals surface area contributed by atoms with Crippen molar-refractivity contribution in [3.63, 3.8) is 0 Å². The topological polar surface area (TPSA) is 43.9 Å². The summed E-state index contributed by atoms with van der Waals surface area (Å²) in [6, 6.07) is 5.74. The quantitative estimate of drug-likeness (QED) is 0.760. The summed E-state index contributed by atoms with van der Waals surface area (Å²) in [5.41, 5.74) is 0.563. The standard InChI is InChI=1S/C17H24FN3O2.ClH/c1-19(2)17(23)21-12-10-20(11-13-21)9-3-4-16(22)14-5-7-15(18)8-6-14;/h5-8H,3-4,9-13H2,1-2H3;1H. The fourth-order valence-electron chi connectivity index (χ4n) is 2.69. The second-order valence-electron chi connectivity index (χ2n) is 6.04. The molecule has 1 aromatic rings. The van der Waals surface area contributed by atoms with Gasteiger partial charge in [0.05, 0.1) is 0 Å². The van der Waals surface area contributed by atoms with Crippen molar-refractivity contribution in [2.75, 3.05) is 46.8 Å². The van der Waals surface area contributed by atoms with Gasteiger partial charge in [-0.1, -0.05) is 0 Å². The highest BCUT2D eigenvalue weighted by molar-refractivity contribution is 5.95. The van der Waals surface area contributed by atoms with E-state index in [0.29, 0.717) is 12.0 Å². The Kier molecular flexibility index (Phi) is 8.15. The second kappa shape index (κ2) is 9.59. The van der Waals surface area contributed by atoms with E-state index in [1.54, 1.807) is 19.0 Å². The molecule has 0 aromatic heterocycles. The lowest BCUT2D eigenvalue weighted by Gasteiger charge is -2.35. The van der Waals surface area contributed by atoms with Crippen LogP contribution in [-0.2, 0) is 0 Å². The molecule has 0 radical (unpaired) electrons. The Labute approximate surface area is 148 Å². The van der Waals surface area contributed by atoms with Crippen LogP contribution in [-0.4, -0.2) is 73.3 Å². The minimum Gasteiger partial charge on any atom is -0.331 e. The van der Waals surface area contributed by atoms with E-state index in [2.05, 4.69) is 4.90 Å². The lowest BCUT2D eigenvalue weighted by molar-refractivity contribution is 0.0964. The van der Waals surface area contributed by atoms with E-state index in [-0.39, 0.29) is 30.0 Å². The summed E-state index contributed by atoms with van der Waals surface area (Å²) in [5.74, 6) is -0.280. The van der Waals surface area contributed by atoms with Gasteiger partial charge in [0, 0.05) is 52.3 Å². The Balaban J connectivity index is 0.00000288. The van der Waals surface area contributed by atoms with Crippen LogP contribution >= 0.6 is 12.4 Å². The predicted molar refractivity (Wildman–Crippen MR) is 94.3 cm³/mol. The number of carbonyl (C=O) groups excluding carboxylic acids is 2. The van der Waals surface area contributed by atoms with Gasteiger partial charge in [0.1, 0.15) is 5.82 Å². The number of rotatable bonds is 5. The van der Waals surface area contributed by atoms with Gasteiger partial charge in [-0.05, 0) is 37.2 Å². The fraction of sp³-hybridized carbons (Fsp3) is 0.529. The van der Waals surface area contributed by atoms with Gasteiger partial charge in [-0.25, -0.2) is 9.18 Å². The third-order valence-corrected chi connectivity index (χ3v) is 4.07. The molecule has 1 aliphatic rings. The summed E-state index contributed by atoms with van der Waals surface area (Å²) < 4.78 is 12.8. The van der Waals surface area contributed by atoms with Gasteiger partial charge >= 0.3 is 6.03 Å². The highest BCUT2D eigenvalue weighted by Crippen LogP contribution is 2.09. The molecule has 2 rings (SSSR count). The summed E-state index contributed by atoms with van der Waals surface area (Å²) in [6.45, 7) is 3.97. The van der Waals surface area contributed by atoms with E-state index in [1.165, 1.54) is 24.3 Å². The number of urea groups is 1. The van der Waals surface area contributed by atoms with Gasteiger partial charge in [0.2, 0.25) is 0 Å². The molecule has 0 spiro atoms. The first-order valence-corrected chi connectivity index (χ1v) is 7.94. The molecule has 7 heteroatoms. The zero-order chi connectivity index (χ0) is 16.8. The van der Waals surface area contributed by atoms with Crippen molar-refractivity contribution in [2.24, 2.45) is 0 Å². The Morgan fingerprint density at radius 1 is 1.08 bits per heavy atom. The van der Waals surface area contributed by atoms with Crippen LogP contribution in [0.2, 0.25) is 0 Å². The van der Waals surface area contributed by atoms with E-state index in [1.807, 2.05) is 4.90 Å². The number of piperazine rings is 1. The molecular weight excluding hydrogens is 333 g/mol. The molecule has 0 aliphatic carbocycles. The smallest absolute Gasteiger partial charge is 0.319 e. The molecule has 0 atom stereocenters. The monoisotopic (exact) mass is 357 g/mol. The molecule has 1 saturated heterocycles. The zero-order valence-electron chi connectivity index (χ0n) is 14.2. The van der Waals surface area contributed by atoms with Crippen molar-refractivity contribution in [1.29, 1.82) is 0 Å². The Morgan fingerprint density at radius 2 is 1.67 bits per heavy atom. The van der Waals surface area contributed by atoms with Crippen molar-refractivity contribution in [1.82, 2.24) is 14.7 Å². The third-order valence-electron chi connectivity index (χ3n) is 4.07. The second-order valence-corrected chi connectivity index (χ2v) is 6.04. The third kappa shape index (κ3) is 5.76. The minimum atomic E-state index is -0.327. The minimum absolute atomic E-state index is 0. The van der Waals surface area contributed by atoms with E-state index in [9.17, 15) is 14.0 Å². The van der Waals surface area contributed by atoms with E-state index >= 15 is 0 Å². The van der Waals surface area contributed by atoms with Crippen LogP contribution in [0.25, 0.3) is 0 Å². The van der Waals surface area contributed by atoms with Crippen LogP contribution in [0.1, 0.15) is 23.2 Å². The van der Waals surface area contributed by atoms with Gasteiger partial charge in [0.25, 0.3) is 0 Å². The molecule has 1 aliphatic heterocycles. The average molecular weight is 358 g/mol. The molecular formula is C17H25ClFN3O2. The van der Waals surface area contributed by atoms with Crippen LogP contribution in [0.4, 0.5) is 9.18 Å². The predicted octanol–water partition coefficient (Wildman–Crippen LogP) is 2.51. The lowest BCUT2D eigenvalue weighted by atomic mass is 10.1. The van der Waals surface area contributed by atoms with Crippen LogP contribution in [0.3, 0.4) is 0 Å². The maximum atomic E-state index is 12.8. The molecule has 134 valence electrons. The Hall–Kier alpha value is -1.66. The first-order chi connectivity index (χ1) is 11.0. The van der Waals surface area contributed by atoms with Gasteiger partial charge in [-0.2, -0.15) is 0 Å². The number of nitrogens with zero attached hydrogens (tertiary/aromatic N) is 3. The van der Waals surface area contributed by atoms with Crippen LogP contribution in [0.15, 0.2) is 24.3 Å². The molecule has 24 heavy (non-hydrogen) atoms. The Morgan fingerprint density at radius 3 is 2.21 bits per heavy atom. The summed E-state index contributed by atoms with van der Waals surface area (Å²) in [7, 11) is 3.52. The fourth-order valence-corrected chi connectivity index (χ4v) is 2.69.